The van der Waals surface area contributed by atoms with Gasteiger partial charge in [0.05, 0.1) is 0 Å². The van der Waals surface area contributed by atoms with Crippen molar-refractivity contribution in [2.45, 2.75) is 0 Å². The molecule has 7 N–H and O–H groups in total. The highest BCUT2D eigenvalue weighted by Crippen LogP contribution is 2.48. The minimum Gasteiger partial charge on any atom is -0.320 e. The van der Waals surface area contributed by atoms with E-state index in [9.17, 15) is 18.9 Å². The Balaban J connectivity index is 5.15. The first-order valence-electron chi connectivity index (χ1n) is 3.85. The summed E-state index contributed by atoms with van der Waals surface area (Å²) in [4.78, 5) is 51.5. The predicted molar refractivity (Wildman–Crippen MR) is 52.8 cm³/mol. The molecule has 0 spiro atoms. The van der Waals surface area contributed by atoms with E-state index in [-0.39, 0.29) is 0 Å². The number of hydrogen-bond donors (Lipinski definition) is 7. The van der Waals surface area contributed by atoms with E-state index in [1.807, 2.05) is 0 Å². The molecule has 14 heteroatoms. The van der Waals surface area contributed by atoms with Crippen LogP contribution in [-0.2, 0) is 13.7 Å². The Morgan fingerprint density at radius 1 is 0.647 bits per heavy atom. The zero-order valence-corrected chi connectivity index (χ0v) is 10.9. The Morgan fingerprint density at radius 2 is 0.824 bits per heavy atom. The van der Waals surface area contributed by atoms with Gasteiger partial charge in [-0.3, -0.25) is 13.7 Å². The molecule has 0 aliphatic rings. The minimum atomic E-state index is -4.92. The molecule has 0 aromatic heterocycles. The maximum atomic E-state index is 10.6. The summed E-state index contributed by atoms with van der Waals surface area (Å²) >= 11 is 0. The first-order chi connectivity index (χ1) is 7.12. The summed E-state index contributed by atoms with van der Waals surface area (Å²) in [5, 5.41) is 9.48. The lowest BCUT2D eigenvalue weighted by Crippen LogP contribution is -2.46. The average Bonchev–Trinajstić information content (AvgIpc) is 1.65. The lowest BCUT2D eigenvalue weighted by molar-refractivity contribution is -1.08. The van der Waals surface area contributed by atoms with Crippen LogP contribution in [0, 0.1) is 0 Å². The monoisotopic (exact) mass is 316 g/mol. The van der Waals surface area contributed by atoms with Gasteiger partial charge in [-0.1, -0.05) is 0 Å². The van der Waals surface area contributed by atoms with Gasteiger partial charge in [-0.15, -0.1) is 0 Å². The van der Waals surface area contributed by atoms with Crippen molar-refractivity contribution in [2.24, 2.45) is 0 Å². The highest BCUT2D eigenvalue weighted by Gasteiger charge is 2.45. The predicted octanol–water partition coefficient (Wildman–Crippen LogP) is -1.40. The molecule has 104 valence electrons. The van der Waals surface area contributed by atoms with Crippen molar-refractivity contribution in [3.8, 4) is 0 Å². The van der Waals surface area contributed by atoms with Crippen LogP contribution in [0.25, 0.3) is 0 Å². The van der Waals surface area contributed by atoms with Crippen molar-refractivity contribution in [1.29, 1.82) is 0 Å². The van der Waals surface area contributed by atoms with Crippen LogP contribution < -0.4 is 0 Å². The van der Waals surface area contributed by atoms with Gasteiger partial charge in [0.1, 0.15) is 0 Å². The highest BCUT2D eigenvalue weighted by atomic mass is 31.2. The van der Waals surface area contributed by atoms with Crippen molar-refractivity contribution >= 4 is 22.8 Å². The summed E-state index contributed by atoms with van der Waals surface area (Å²) in [5.74, 6) is 0. The Hall–Kier alpha value is 0.370. The molecule has 0 amide bonds. The first-order valence-corrected chi connectivity index (χ1v) is 9.24. The molecule has 0 fully saturated rings. The molecule has 0 saturated carbocycles. The lowest BCUT2D eigenvalue weighted by atomic mass is 10.9. The molecule has 0 aliphatic heterocycles. The van der Waals surface area contributed by atoms with Crippen molar-refractivity contribution < 1.29 is 52.9 Å². The molecule has 0 aromatic rings. The molecule has 0 aliphatic carbocycles. The van der Waals surface area contributed by atoms with E-state index >= 15 is 0 Å². The van der Waals surface area contributed by atoms with Crippen molar-refractivity contribution in [3.63, 3.8) is 0 Å². The maximum Gasteiger partial charge on any atom is 0.382 e. The quantitative estimate of drug-likeness (QED) is 0.174. The summed E-state index contributed by atoms with van der Waals surface area (Å²) in [6, 6.07) is 0. The number of quaternary nitrogens is 1. The Bertz CT molecular complexity index is 341. The van der Waals surface area contributed by atoms with Gasteiger partial charge in [0, 0.05) is 0 Å². The van der Waals surface area contributed by atoms with E-state index in [4.69, 9.17) is 29.4 Å². The van der Waals surface area contributed by atoms with Gasteiger partial charge >= 0.3 is 22.8 Å². The number of rotatable bonds is 6. The van der Waals surface area contributed by atoms with E-state index in [0.29, 0.717) is 0 Å². The molecule has 0 unspecified atom stereocenters. The van der Waals surface area contributed by atoms with Crippen LogP contribution in [0.15, 0.2) is 0 Å². The second-order valence-corrected chi connectivity index (χ2v) is 8.35. The van der Waals surface area contributed by atoms with Gasteiger partial charge in [-0.25, -0.2) is 5.21 Å². The van der Waals surface area contributed by atoms with Crippen LogP contribution in [0.3, 0.4) is 0 Å². The third-order valence-electron chi connectivity index (χ3n) is 1.34. The zero-order chi connectivity index (χ0) is 14.1. The van der Waals surface area contributed by atoms with Crippen molar-refractivity contribution in [1.82, 2.24) is 0 Å². The van der Waals surface area contributed by atoms with E-state index in [0.717, 1.165) is 0 Å². The van der Waals surface area contributed by atoms with Gasteiger partial charge in [0.2, 0.25) is 18.9 Å². The molecular weight excluding hydrogens is 303 g/mol. The number of hydroxylamine groups is 3. The molecule has 17 heavy (non-hydrogen) atoms. The fourth-order valence-electron chi connectivity index (χ4n) is 1.16. The summed E-state index contributed by atoms with van der Waals surface area (Å²) < 4.78 is 29.8. The molecular formula is C3H13NO10P3+. The molecule has 0 atom stereocenters. The summed E-state index contributed by atoms with van der Waals surface area (Å²) in [6.45, 7) is 0. The fourth-order valence-corrected chi connectivity index (χ4v) is 4.29. The first kappa shape index (κ1) is 17.4. The Labute approximate surface area is 95.3 Å². The third-order valence-corrected chi connectivity index (χ3v) is 4.03. The topological polar surface area (TPSA) is 193 Å². The standard InChI is InChI=1S/C3H12NO10P3/c5-4(1-15(6,7)8,2-16(9,10)11)3-17(12,13)14/h5H,1-3H2,(H5-,6,7,8,9,10,11,12,13,14)/p+1. The van der Waals surface area contributed by atoms with E-state index in [1.165, 1.54) is 0 Å². The SMILES string of the molecule is O=P(O)(O)C[N+](O)(CP(=O)(O)O)CP(=O)(O)O. The molecule has 0 rings (SSSR count). The van der Waals surface area contributed by atoms with Gasteiger partial charge in [-0.2, -0.15) is 4.65 Å². The summed E-state index contributed by atoms with van der Waals surface area (Å²) in [5.41, 5.74) is 0. The molecule has 0 heterocycles. The van der Waals surface area contributed by atoms with E-state index in [2.05, 4.69) is 0 Å². The Kier molecular flexibility index (Phi) is 5.27. The normalized spacial score (nSPS) is 15.0. The smallest absolute Gasteiger partial charge is 0.320 e. The van der Waals surface area contributed by atoms with E-state index < -0.39 is 46.3 Å². The van der Waals surface area contributed by atoms with Gasteiger partial charge < -0.3 is 29.4 Å². The van der Waals surface area contributed by atoms with Crippen molar-refractivity contribution in [2.75, 3.05) is 18.9 Å². The largest absolute Gasteiger partial charge is 0.382 e. The van der Waals surface area contributed by atoms with Crippen LogP contribution in [0.1, 0.15) is 0 Å². The van der Waals surface area contributed by atoms with Gasteiger partial charge in [0.15, 0.2) is 0 Å². The van der Waals surface area contributed by atoms with Gasteiger partial charge in [0.25, 0.3) is 0 Å². The third kappa shape index (κ3) is 10.0. The molecule has 0 bridgehead atoms. The van der Waals surface area contributed by atoms with Crippen LogP contribution in [0.4, 0.5) is 0 Å². The second kappa shape index (κ2) is 5.16. The maximum absolute atomic E-state index is 10.6. The number of hydrogen-bond acceptors (Lipinski definition) is 4. The molecule has 0 saturated heterocycles. The highest BCUT2D eigenvalue weighted by molar-refractivity contribution is 7.53. The lowest BCUT2D eigenvalue weighted by Gasteiger charge is -2.29. The van der Waals surface area contributed by atoms with Crippen molar-refractivity contribution in [3.05, 3.63) is 0 Å². The average molecular weight is 316 g/mol. The summed E-state index contributed by atoms with van der Waals surface area (Å²) in [7, 11) is -14.8. The zero-order valence-electron chi connectivity index (χ0n) is 8.27. The van der Waals surface area contributed by atoms with Crippen LogP contribution in [0.5, 0.6) is 0 Å². The van der Waals surface area contributed by atoms with E-state index in [1.54, 1.807) is 0 Å². The minimum absolute atomic E-state index is 1.51. The molecule has 0 radical (unpaired) electrons. The fraction of sp³-hybridized carbons (Fsp3) is 1.00. The van der Waals surface area contributed by atoms with Crippen LogP contribution in [0.2, 0.25) is 0 Å². The van der Waals surface area contributed by atoms with Crippen LogP contribution >= 0.6 is 22.8 Å². The Morgan fingerprint density at radius 3 is 0.941 bits per heavy atom. The van der Waals surface area contributed by atoms with Gasteiger partial charge in [-0.05, 0) is 0 Å². The molecule has 0 aromatic carbocycles. The summed E-state index contributed by atoms with van der Waals surface area (Å²) in [6.07, 6.45) is -4.53. The molecule has 11 nitrogen and oxygen atoms in total. The van der Waals surface area contributed by atoms with Crippen LogP contribution in [-0.4, -0.2) is 58.1 Å². The second-order valence-electron chi connectivity index (χ2n) is 3.51. The number of nitrogens with zero attached hydrogens (tertiary/aromatic N) is 1.